The maximum absolute atomic E-state index is 5.29. The Bertz CT molecular complexity index is 206. The van der Waals surface area contributed by atoms with Crippen LogP contribution < -0.4 is 0 Å². The summed E-state index contributed by atoms with van der Waals surface area (Å²) < 4.78 is 5.29. The topological polar surface area (TPSA) is 9.23 Å². The van der Waals surface area contributed by atoms with Gasteiger partial charge in [0.05, 0.1) is 13.2 Å². The summed E-state index contributed by atoms with van der Waals surface area (Å²) in [6.07, 6.45) is 16.1. The summed E-state index contributed by atoms with van der Waals surface area (Å²) in [5.41, 5.74) is 0. The molecule has 0 atom stereocenters. The Kier molecular flexibility index (Phi) is 4.05. The highest BCUT2D eigenvalue weighted by Crippen LogP contribution is 2.44. The van der Waals surface area contributed by atoms with Crippen molar-refractivity contribution >= 4 is 0 Å². The van der Waals surface area contributed by atoms with Crippen LogP contribution in [0.25, 0.3) is 0 Å². The number of ether oxygens (including phenoxy) is 1. The fourth-order valence-corrected chi connectivity index (χ4v) is 4.28. The number of hydrogen-bond acceptors (Lipinski definition) is 1. The summed E-state index contributed by atoms with van der Waals surface area (Å²) in [6, 6.07) is 0. The summed E-state index contributed by atoms with van der Waals surface area (Å²) in [7, 11) is 0. The minimum absolute atomic E-state index is 0.792. The smallest absolute Gasteiger partial charge is 0.0519 e. The lowest BCUT2D eigenvalue weighted by molar-refractivity contribution is -0.0190. The zero-order valence-corrected chi connectivity index (χ0v) is 11.1. The lowest BCUT2D eigenvalue weighted by Gasteiger charge is -2.32. The van der Waals surface area contributed by atoms with Crippen molar-refractivity contribution in [3.05, 3.63) is 6.42 Å². The fraction of sp³-hybridized carbons (Fsp3) is 0.938. The van der Waals surface area contributed by atoms with Crippen molar-refractivity contribution in [3.8, 4) is 0 Å². The first-order valence-electron chi connectivity index (χ1n) is 7.84. The normalized spacial score (nSPS) is 28.1. The zero-order chi connectivity index (χ0) is 11.5. The van der Waals surface area contributed by atoms with Crippen molar-refractivity contribution in [3.63, 3.8) is 0 Å². The van der Waals surface area contributed by atoms with Crippen molar-refractivity contribution in [2.45, 2.75) is 57.8 Å². The van der Waals surface area contributed by atoms with E-state index in [0.717, 1.165) is 36.9 Å². The minimum atomic E-state index is 0.792. The highest BCUT2D eigenvalue weighted by Gasteiger charge is 2.33. The van der Waals surface area contributed by atoms with Crippen LogP contribution in [-0.4, -0.2) is 13.2 Å². The summed E-state index contributed by atoms with van der Waals surface area (Å²) in [5, 5.41) is 0. The van der Waals surface area contributed by atoms with Crippen molar-refractivity contribution in [2.24, 2.45) is 23.7 Å². The SMILES string of the molecule is [CH](CC(C1CCCC1)C1CCCC1)C1COC1. The van der Waals surface area contributed by atoms with E-state index >= 15 is 0 Å². The van der Waals surface area contributed by atoms with Crippen LogP contribution in [0.1, 0.15) is 57.8 Å². The van der Waals surface area contributed by atoms with Gasteiger partial charge in [-0.1, -0.05) is 51.4 Å². The lowest BCUT2D eigenvalue weighted by atomic mass is 9.75. The van der Waals surface area contributed by atoms with Crippen LogP contribution in [-0.2, 0) is 4.74 Å². The molecule has 0 aromatic rings. The van der Waals surface area contributed by atoms with Crippen LogP contribution >= 0.6 is 0 Å². The van der Waals surface area contributed by atoms with Crippen molar-refractivity contribution in [1.82, 2.24) is 0 Å². The van der Waals surface area contributed by atoms with Crippen LogP contribution in [0.3, 0.4) is 0 Å². The molecule has 0 aromatic heterocycles. The van der Waals surface area contributed by atoms with E-state index in [1.807, 2.05) is 0 Å². The Morgan fingerprint density at radius 2 is 1.41 bits per heavy atom. The molecule has 1 radical (unpaired) electrons. The maximum Gasteiger partial charge on any atom is 0.0519 e. The van der Waals surface area contributed by atoms with E-state index in [-0.39, 0.29) is 0 Å². The number of hydrogen-bond donors (Lipinski definition) is 0. The van der Waals surface area contributed by atoms with E-state index in [4.69, 9.17) is 4.74 Å². The van der Waals surface area contributed by atoms with E-state index in [1.54, 1.807) is 0 Å². The van der Waals surface area contributed by atoms with Crippen LogP contribution in [0.5, 0.6) is 0 Å². The first-order chi connectivity index (χ1) is 8.43. The van der Waals surface area contributed by atoms with Gasteiger partial charge < -0.3 is 4.74 Å². The second-order valence-corrected chi connectivity index (χ2v) is 6.52. The Morgan fingerprint density at radius 3 is 1.82 bits per heavy atom. The predicted molar refractivity (Wildman–Crippen MR) is 70.6 cm³/mol. The van der Waals surface area contributed by atoms with Gasteiger partial charge in [-0.25, -0.2) is 0 Å². The number of rotatable bonds is 5. The molecule has 3 fully saturated rings. The van der Waals surface area contributed by atoms with Gasteiger partial charge >= 0.3 is 0 Å². The summed E-state index contributed by atoms with van der Waals surface area (Å²) in [6.45, 7) is 2.00. The van der Waals surface area contributed by atoms with Gasteiger partial charge in [0, 0.05) is 5.92 Å². The minimum Gasteiger partial charge on any atom is -0.381 e. The molecule has 0 unspecified atom stereocenters. The summed E-state index contributed by atoms with van der Waals surface area (Å²) in [5.74, 6) is 3.95. The molecule has 0 aromatic carbocycles. The van der Waals surface area contributed by atoms with Gasteiger partial charge in [-0.2, -0.15) is 0 Å². The molecule has 1 aliphatic heterocycles. The third-order valence-corrected chi connectivity index (χ3v) is 5.42. The van der Waals surface area contributed by atoms with Crippen LogP contribution in [0.4, 0.5) is 0 Å². The van der Waals surface area contributed by atoms with Crippen molar-refractivity contribution in [2.75, 3.05) is 13.2 Å². The van der Waals surface area contributed by atoms with Gasteiger partial charge in [0.25, 0.3) is 0 Å². The Hall–Kier alpha value is -0.0400. The molecule has 1 heterocycles. The van der Waals surface area contributed by atoms with Crippen LogP contribution in [0.15, 0.2) is 0 Å². The molecule has 1 nitrogen and oxygen atoms in total. The van der Waals surface area contributed by atoms with Gasteiger partial charge in [-0.15, -0.1) is 0 Å². The van der Waals surface area contributed by atoms with Gasteiger partial charge in [0.2, 0.25) is 0 Å². The predicted octanol–water partition coefficient (Wildman–Crippen LogP) is 4.22. The second-order valence-electron chi connectivity index (χ2n) is 6.52. The molecular weight excluding hydrogens is 208 g/mol. The molecule has 17 heavy (non-hydrogen) atoms. The van der Waals surface area contributed by atoms with Gasteiger partial charge in [-0.05, 0) is 30.6 Å². The Balaban J connectivity index is 1.53. The van der Waals surface area contributed by atoms with Crippen molar-refractivity contribution in [1.29, 1.82) is 0 Å². The molecule has 1 saturated heterocycles. The molecule has 0 spiro atoms. The quantitative estimate of drug-likeness (QED) is 0.693. The van der Waals surface area contributed by atoms with E-state index in [0.29, 0.717) is 0 Å². The Labute approximate surface area is 106 Å². The lowest BCUT2D eigenvalue weighted by Crippen LogP contribution is -2.30. The van der Waals surface area contributed by atoms with Crippen LogP contribution in [0.2, 0.25) is 0 Å². The van der Waals surface area contributed by atoms with E-state index in [9.17, 15) is 0 Å². The zero-order valence-electron chi connectivity index (χ0n) is 11.1. The highest BCUT2D eigenvalue weighted by atomic mass is 16.5. The monoisotopic (exact) mass is 235 g/mol. The first-order valence-corrected chi connectivity index (χ1v) is 7.84. The van der Waals surface area contributed by atoms with E-state index < -0.39 is 0 Å². The first kappa shape index (κ1) is 12.0. The van der Waals surface area contributed by atoms with Gasteiger partial charge in [0.15, 0.2) is 0 Å². The molecule has 0 bridgehead atoms. The molecule has 0 amide bonds. The third kappa shape index (κ3) is 2.86. The average molecular weight is 235 g/mol. The highest BCUT2D eigenvalue weighted by molar-refractivity contribution is 4.90. The largest absolute Gasteiger partial charge is 0.381 e. The third-order valence-electron chi connectivity index (χ3n) is 5.42. The molecule has 3 rings (SSSR count). The van der Waals surface area contributed by atoms with Gasteiger partial charge in [0.1, 0.15) is 0 Å². The molecule has 0 N–H and O–H groups in total. The summed E-state index contributed by atoms with van der Waals surface area (Å²) in [4.78, 5) is 0. The molecular formula is C16H27O. The van der Waals surface area contributed by atoms with Gasteiger partial charge in [-0.3, -0.25) is 0 Å². The average Bonchev–Trinajstić information content (AvgIpc) is 2.94. The van der Waals surface area contributed by atoms with Crippen LogP contribution in [0, 0.1) is 30.1 Å². The maximum atomic E-state index is 5.29. The van der Waals surface area contributed by atoms with E-state index in [1.165, 1.54) is 57.8 Å². The molecule has 2 aliphatic carbocycles. The Morgan fingerprint density at radius 1 is 0.882 bits per heavy atom. The van der Waals surface area contributed by atoms with Crippen molar-refractivity contribution < 1.29 is 4.74 Å². The summed E-state index contributed by atoms with van der Waals surface area (Å²) >= 11 is 0. The van der Waals surface area contributed by atoms with E-state index in [2.05, 4.69) is 6.42 Å². The molecule has 3 aliphatic rings. The second kappa shape index (κ2) is 5.73. The molecule has 2 saturated carbocycles. The fourth-order valence-electron chi connectivity index (χ4n) is 4.28. The standard InChI is InChI=1S/C16H27O/c1-2-6-14(5-1)16(15-7-3-4-8-15)10-9-13-11-17-12-13/h9,13-16H,1-8,10-12H2. The molecule has 97 valence electrons. The molecule has 1 heteroatoms.